The highest BCUT2D eigenvalue weighted by atomic mass is 127. The predicted molar refractivity (Wildman–Crippen MR) is 111 cm³/mol. The Hall–Kier alpha value is -1.10. The number of halogens is 1. The second-order valence-electron chi connectivity index (χ2n) is 6.37. The van der Waals surface area contributed by atoms with Gasteiger partial charge in [0.2, 0.25) is 11.8 Å². The van der Waals surface area contributed by atoms with Gasteiger partial charge in [0, 0.05) is 38.1 Å². The van der Waals surface area contributed by atoms with Crippen LogP contribution in [-0.4, -0.2) is 68.0 Å². The lowest BCUT2D eigenvalue weighted by Crippen LogP contribution is -2.50. The van der Waals surface area contributed by atoms with Crippen LogP contribution in [0.15, 0.2) is 4.99 Å². The van der Waals surface area contributed by atoms with Crippen molar-refractivity contribution in [3.05, 3.63) is 0 Å². The molecule has 1 aliphatic heterocycles. The third-order valence-corrected chi connectivity index (χ3v) is 3.86. The Morgan fingerprint density at radius 1 is 1.24 bits per heavy atom. The third-order valence-electron chi connectivity index (χ3n) is 3.86. The maximum atomic E-state index is 11.5. The molecule has 0 radical (unpaired) electrons. The number of hydrogen-bond acceptors (Lipinski definition) is 4. The van der Waals surface area contributed by atoms with E-state index in [0.29, 0.717) is 25.7 Å². The topological polar surface area (TPSA) is 112 Å². The van der Waals surface area contributed by atoms with Crippen molar-refractivity contribution in [2.24, 2.45) is 16.6 Å². The molecule has 9 heteroatoms. The van der Waals surface area contributed by atoms with Crippen LogP contribution in [0, 0.1) is 5.92 Å². The normalized spacial score (nSPS) is 16.2. The minimum Gasteiger partial charge on any atom is -0.369 e. The van der Waals surface area contributed by atoms with Gasteiger partial charge < -0.3 is 21.7 Å². The zero-order chi connectivity index (χ0) is 17.9. The van der Waals surface area contributed by atoms with E-state index in [1.807, 2.05) is 20.8 Å². The van der Waals surface area contributed by atoms with Crippen LogP contribution < -0.4 is 21.7 Å². The van der Waals surface area contributed by atoms with E-state index < -0.39 is 0 Å². The number of rotatable bonds is 8. The SMILES string of the molecule is CCNC(=NCCNC(=O)C(C)C)NC1CCN(CC(N)=O)CC1.I. The van der Waals surface area contributed by atoms with Gasteiger partial charge in [0.15, 0.2) is 5.96 Å². The van der Waals surface area contributed by atoms with E-state index in [9.17, 15) is 9.59 Å². The number of amides is 2. The van der Waals surface area contributed by atoms with Crippen LogP contribution in [0.2, 0.25) is 0 Å². The Labute approximate surface area is 167 Å². The number of piperidine rings is 1. The quantitative estimate of drug-likeness (QED) is 0.172. The van der Waals surface area contributed by atoms with Crippen LogP contribution in [0.3, 0.4) is 0 Å². The second-order valence-corrected chi connectivity index (χ2v) is 6.37. The average molecular weight is 468 g/mol. The molecule has 146 valence electrons. The first-order valence-electron chi connectivity index (χ1n) is 8.75. The van der Waals surface area contributed by atoms with Gasteiger partial charge in [0.25, 0.3) is 0 Å². The molecule has 0 aromatic rings. The molecule has 0 aliphatic carbocycles. The molecule has 1 saturated heterocycles. The van der Waals surface area contributed by atoms with Crippen LogP contribution >= 0.6 is 24.0 Å². The summed E-state index contributed by atoms with van der Waals surface area (Å²) < 4.78 is 0. The van der Waals surface area contributed by atoms with E-state index in [4.69, 9.17) is 5.73 Å². The highest BCUT2D eigenvalue weighted by Crippen LogP contribution is 2.09. The van der Waals surface area contributed by atoms with Gasteiger partial charge in [-0.15, -0.1) is 24.0 Å². The fourth-order valence-electron chi connectivity index (χ4n) is 2.52. The molecule has 1 fully saturated rings. The zero-order valence-electron chi connectivity index (χ0n) is 15.5. The van der Waals surface area contributed by atoms with Gasteiger partial charge in [-0.05, 0) is 19.8 Å². The highest BCUT2D eigenvalue weighted by Gasteiger charge is 2.20. The maximum Gasteiger partial charge on any atom is 0.231 e. The molecule has 8 nitrogen and oxygen atoms in total. The fraction of sp³-hybridized carbons (Fsp3) is 0.812. The molecule has 0 aromatic carbocycles. The molecule has 1 aliphatic rings. The maximum absolute atomic E-state index is 11.5. The van der Waals surface area contributed by atoms with Crippen molar-refractivity contribution in [2.45, 2.75) is 39.7 Å². The molecular weight excluding hydrogens is 435 g/mol. The Bertz CT molecular complexity index is 436. The summed E-state index contributed by atoms with van der Waals surface area (Å²) in [6, 6.07) is 0.331. The van der Waals surface area contributed by atoms with Gasteiger partial charge in [-0.1, -0.05) is 13.8 Å². The number of nitrogens with one attached hydrogen (secondary N) is 3. The average Bonchev–Trinajstić information content (AvgIpc) is 2.52. The van der Waals surface area contributed by atoms with Crippen LogP contribution in [0.5, 0.6) is 0 Å². The first kappa shape index (κ1) is 23.9. The van der Waals surface area contributed by atoms with Gasteiger partial charge in [-0.3, -0.25) is 19.5 Å². The van der Waals surface area contributed by atoms with Crippen LogP contribution in [-0.2, 0) is 9.59 Å². The minimum absolute atomic E-state index is 0. The zero-order valence-corrected chi connectivity index (χ0v) is 17.8. The summed E-state index contributed by atoms with van der Waals surface area (Å²) in [4.78, 5) is 29.0. The van der Waals surface area contributed by atoms with Crippen molar-refractivity contribution in [2.75, 3.05) is 39.3 Å². The number of nitrogens with zero attached hydrogens (tertiary/aromatic N) is 2. The van der Waals surface area contributed by atoms with Gasteiger partial charge in [0.05, 0.1) is 13.1 Å². The summed E-state index contributed by atoms with van der Waals surface area (Å²) in [5.41, 5.74) is 5.23. The van der Waals surface area contributed by atoms with E-state index >= 15 is 0 Å². The largest absolute Gasteiger partial charge is 0.369 e. The summed E-state index contributed by atoms with van der Waals surface area (Å²) in [6.07, 6.45) is 1.89. The second kappa shape index (κ2) is 13.2. The van der Waals surface area contributed by atoms with Gasteiger partial charge in [-0.2, -0.15) is 0 Å². The minimum atomic E-state index is -0.278. The first-order chi connectivity index (χ1) is 11.4. The Morgan fingerprint density at radius 3 is 2.40 bits per heavy atom. The van der Waals surface area contributed by atoms with E-state index in [2.05, 4.69) is 25.8 Å². The van der Waals surface area contributed by atoms with E-state index in [0.717, 1.165) is 38.4 Å². The van der Waals surface area contributed by atoms with Gasteiger partial charge >= 0.3 is 0 Å². The summed E-state index contributed by atoms with van der Waals surface area (Å²) in [5.74, 6) is 0.528. The predicted octanol–water partition coefficient (Wildman–Crippen LogP) is -0.119. The van der Waals surface area contributed by atoms with E-state index in [1.54, 1.807) is 0 Å². The molecule has 0 bridgehead atoms. The van der Waals surface area contributed by atoms with Crippen molar-refractivity contribution < 1.29 is 9.59 Å². The Kier molecular flexibility index (Phi) is 12.6. The molecule has 1 heterocycles. The van der Waals surface area contributed by atoms with Crippen molar-refractivity contribution in [3.63, 3.8) is 0 Å². The van der Waals surface area contributed by atoms with E-state index in [1.165, 1.54) is 0 Å². The van der Waals surface area contributed by atoms with Crippen molar-refractivity contribution >= 4 is 41.8 Å². The molecule has 1 rings (SSSR count). The summed E-state index contributed by atoms with van der Waals surface area (Å²) in [7, 11) is 0. The number of primary amides is 1. The fourth-order valence-corrected chi connectivity index (χ4v) is 2.52. The number of aliphatic imine (C=N–C) groups is 1. The summed E-state index contributed by atoms with van der Waals surface area (Å²) in [6.45, 7) is 9.64. The monoisotopic (exact) mass is 468 g/mol. The smallest absolute Gasteiger partial charge is 0.231 e. The lowest BCUT2D eigenvalue weighted by atomic mass is 10.1. The highest BCUT2D eigenvalue weighted by molar-refractivity contribution is 14.0. The van der Waals surface area contributed by atoms with Gasteiger partial charge in [0.1, 0.15) is 0 Å². The Balaban J connectivity index is 0.00000576. The number of guanidine groups is 1. The molecule has 0 unspecified atom stereocenters. The molecular formula is C16H33IN6O2. The molecule has 25 heavy (non-hydrogen) atoms. The summed E-state index contributed by atoms with van der Waals surface area (Å²) >= 11 is 0. The molecule has 2 amide bonds. The molecule has 0 aromatic heterocycles. The number of likely N-dealkylation sites (tertiary alicyclic amines) is 1. The molecule has 0 saturated carbocycles. The molecule has 0 atom stereocenters. The van der Waals surface area contributed by atoms with Crippen molar-refractivity contribution in [1.82, 2.24) is 20.9 Å². The number of hydrogen-bond donors (Lipinski definition) is 4. The summed E-state index contributed by atoms with van der Waals surface area (Å²) in [5, 5.41) is 9.50. The third kappa shape index (κ3) is 10.5. The van der Waals surface area contributed by atoms with Crippen LogP contribution in [0.4, 0.5) is 0 Å². The standard InChI is InChI=1S/C16H32N6O2.HI/c1-4-18-16(20-8-7-19-15(24)12(2)3)21-13-5-9-22(10-6-13)11-14(17)23;/h12-13H,4-11H2,1-3H3,(H2,17,23)(H,19,24)(H2,18,20,21);1H. The van der Waals surface area contributed by atoms with Crippen molar-refractivity contribution in [3.8, 4) is 0 Å². The van der Waals surface area contributed by atoms with Crippen LogP contribution in [0.25, 0.3) is 0 Å². The first-order valence-corrected chi connectivity index (χ1v) is 8.75. The lowest BCUT2D eigenvalue weighted by molar-refractivity contribution is -0.124. The number of nitrogens with two attached hydrogens (primary N) is 1. The molecule has 5 N–H and O–H groups in total. The number of carbonyl (C=O) groups is 2. The van der Waals surface area contributed by atoms with Crippen molar-refractivity contribution in [1.29, 1.82) is 0 Å². The Morgan fingerprint density at radius 2 is 1.88 bits per heavy atom. The van der Waals surface area contributed by atoms with Gasteiger partial charge in [-0.25, -0.2) is 0 Å². The van der Waals surface area contributed by atoms with Crippen LogP contribution in [0.1, 0.15) is 33.6 Å². The molecule has 0 spiro atoms. The lowest BCUT2D eigenvalue weighted by Gasteiger charge is -2.32. The van der Waals surface area contributed by atoms with E-state index in [-0.39, 0.29) is 41.7 Å². The number of carbonyl (C=O) groups excluding carboxylic acids is 2.